The molecule has 1 aliphatic carbocycles. The van der Waals surface area contributed by atoms with E-state index in [0.717, 1.165) is 25.7 Å². The molecule has 0 unspecified atom stereocenters. The summed E-state index contributed by atoms with van der Waals surface area (Å²) in [7, 11) is 0. The average Bonchev–Trinajstić information content (AvgIpc) is 3.46. The van der Waals surface area contributed by atoms with Crippen molar-refractivity contribution in [1.29, 1.82) is 0 Å². The number of amides is 2. The SMILES string of the molecule is C#CCCC1(CCC(=O)NC2CCC3(CC2)CN(C(=O)OC(C)(C)C)CCO3)N=N1. The van der Waals surface area contributed by atoms with E-state index in [-0.39, 0.29) is 23.6 Å². The second kappa shape index (κ2) is 8.93. The molecule has 3 aliphatic rings. The molecule has 1 N–H and O–H groups in total. The summed E-state index contributed by atoms with van der Waals surface area (Å²) in [6, 6.07) is 0.137. The fourth-order valence-corrected chi connectivity index (χ4v) is 4.20. The Balaban J connectivity index is 1.41. The van der Waals surface area contributed by atoms with Crippen molar-refractivity contribution in [3.63, 3.8) is 0 Å². The van der Waals surface area contributed by atoms with Crippen LogP contribution >= 0.6 is 0 Å². The van der Waals surface area contributed by atoms with Crippen LogP contribution in [0.25, 0.3) is 0 Å². The monoisotopic (exact) mass is 418 g/mol. The average molecular weight is 419 g/mol. The van der Waals surface area contributed by atoms with E-state index in [4.69, 9.17) is 15.9 Å². The van der Waals surface area contributed by atoms with Gasteiger partial charge in [-0.3, -0.25) is 4.79 Å². The van der Waals surface area contributed by atoms with Gasteiger partial charge in [-0.2, -0.15) is 10.2 Å². The standard InChI is InChI=1S/C22H34N4O4/c1-5-6-10-22(24-25-22)13-9-18(27)23-17-7-11-21(12-8-17)16-26(14-15-29-21)19(28)30-20(2,3)4/h1,17H,6-16H2,2-4H3,(H,23,27). The molecule has 0 aromatic heterocycles. The number of hydrogen-bond donors (Lipinski definition) is 1. The Morgan fingerprint density at radius 1 is 1.27 bits per heavy atom. The lowest BCUT2D eigenvalue weighted by atomic mass is 9.81. The topological polar surface area (TPSA) is 92.6 Å². The predicted octanol–water partition coefficient (Wildman–Crippen LogP) is 3.41. The Labute approximate surface area is 179 Å². The fourth-order valence-electron chi connectivity index (χ4n) is 4.20. The highest BCUT2D eigenvalue weighted by atomic mass is 16.6. The van der Waals surface area contributed by atoms with Gasteiger partial charge in [-0.15, -0.1) is 12.3 Å². The molecule has 0 atom stereocenters. The van der Waals surface area contributed by atoms with E-state index in [0.29, 0.717) is 45.4 Å². The number of nitrogens with one attached hydrogen (secondary N) is 1. The molecule has 2 amide bonds. The van der Waals surface area contributed by atoms with Crippen molar-refractivity contribution in [3.8, 4) is 12.3 Å². The predicted molar refractivity (Wildman–Crippen MR) is 112 cm³/mol. The maximum atomic E-state index is 12.4. The van der Waals surface area contributed by atoms with Gasteiger partial charge in [0.15, 0.2) is 5.66 Å². The molecule has 2 fully saturated rings. The molecule has 0 radical (unpaired) electrons. The van der Waals surface area contributed by atoms with Gasteiger partial charge < -0.3 is 19.7 Å². The number of rotatable bonds is 6. The third-order valence-corrected chi connectivity index (χ3v) is 5.97. The van der Waals surface area contributed by atoms with Crippen LogP contribution in [0.5, 0.6) is 0 Å². The third-order valence-electron chi connectivity index (χ3n) is 5.97. The molecule has 0 aromatic carbocycles. The summed E-state index contributed by atoms with van der Waals surface area (Å²) < 4.78 is 11.6. The number of carbonyl (C=O) groups is 2. The van der Waals surface area contributed by atoms with Crippen LogP contribution in [0.1, 0.15) is 72.1 Å². The van der Waals surface area contributed by atoms with Crippen molar-refractivity contribution in [2.45, 2.75) is 95.0 Å². The first kappa shape index (κ1) is 22.5. The summed E-state index contributed by atoms with van der Waals surface area (Å²) >= 11 is 0. The summed E-state index contributed by atoms with van der Waals surface area (Å²) in [5, 5.41) is 11.3. The summed E-state index contributed by atoms with van der Waals surface area (Å²) in [6.07, 6.45) is 10.7. The van der Waals surface area contributed by atoms with E-state index in [1.54, 1.807) is 4.90 Å². The molecule has 8 heteroatoms. The Morgan fingerprint density at radius 3 is 2.57 bits per heavy atom. The van der Waals surface area contributed by atoms with Gasteiger partial charge in [0.1, 0.15) is 5.60 Å². The quantitative estimate of drug-likeness (QED) is 0.669. The number of ether oxygens (including phenoxy) is 2. The minimum absolute atomic E-state index is 0.0354. The van der Waals surface area contributed by atoms with Gasteiger partial charge in [-0.1, -0.05) is 0 Å². The van der Waals surface area contributed by atoms with Gasteiger partial charge in [0.25, 0.3) is 0 Å². The van der Waals surface area contributed by atoms with E-state index in [1.165, 1.54) is 0 Å². The summed E-state index contributed by atoms with van der Waals surface area (Å²) in [5.74, 6) is 2.64. The molecule has 0 bridgehead atoms. The van der Waals surface area contributed by atoms with Gasteiger partial charge in [0.05, 0.1) is 18.8 Å². The summed E-state index contributed by atoms with van der Waals surface area (Å²) in [5.41, 5.74) is -1.26. The fraction of sp³-hybridized carbons (Fsp3) is 0.818. The lowest BCUT2D eigenvalue weighted by Crippen LogP contribution is -2.57. The molecule has 1 saturated carbocycles. The maximum Gasteiger partial charge on any atom is 0.410 e. The van der Waals surface area contributed by atoms with Crippen LogP contribution < -0.4 is 5.32 Å². The molecule has 1 saturated heterocycles. The highest BCUT2D eigenvalue weighted by Crippen LogP contribution is 2.38. The largest absolute Gasteiger partial charge is 0.444 e. The van der Waals surface area contributed by atoms with Gasteiger partial charge in [-0.25, -0.2) is 4.79 Å². The zero-order valence-electron chi connectivity index (χ0n) is 18.4. The molecule has 1 spiro atoms. The van der Waals surface area contributed by atoms with Gasteiger partial charge >= 0.3 is 6.09 Å². The minimum atomic E-state index is -0.509. The normalized spacial score (nSPS) is 27.4. The molecule has 166 valence electrons. The number of hydrogen-bond acceptors (Lipinski definition) is 6. The van der Waals surface area contributed by atoms with E-state index in [1.807, 2.05) is 20.8 Å². The van der Waals surface area contributed by atoms with Crippen LogP contribution in [0, 0.1) is 12.3 Å². The van der Waals surface area contributed by atoms with Crippen LogP contribution in [-0.2, 0) is 14.3 Å². The lowest BCUT2D eigenvalue weighted by molar-refractivity contribution is -0.132. The van der Waals surface area contributed by atoms with Gasteiger partial charge in [0.2, 0.25) is 5.91 Å². The Hall–Kier alpha value is -2.14. The van der Waals surface area contributed by atoms with E-state index in [2.05, 4.69) is 21.5 Å². The first-order valence-electron chi connectivity index (χ1n) is 10.9. The minimum Gasteiger partial charge on any atom is -0.444 e. The zero-order chi connectivity index (χ0) is 21.8. The maximum absolute atomic E-state index is 12.4. The molecule has 0 aromatic rings. The van der Waals surface area contributed by atoms with E-state index in [9.17, 15) is 9.59 Å². The van der Waals surface area contributed by atoms with Crippen molar-refractivity contribution in [2.75, 3.05) is 19.7 Å². The van der Waals surface area contributed by atoms with Crippen LogP contribution in [0.3, 0.4) is 0 Å². The van der Waals surface area contributed by atoms with Crippen LogP contribution in [0.15, 0.2) is 10.2 Å². The number of morpholine rings is 1. The summed E-state index contributed by atoms with van der Waals surface area (Å²) in [6.45, 7) is 7.23. The van der Waals surface area contributed by atoms with Crippen molar-refractivity contribution in [3.05, 3.63) is 0 Å². The Morgan fingerprint density at radius 2 is 1.97 bits per heavy atom. The third kappa shape index (κ3) is 6.18. The second-order valence-electron chi connectivity index (χ2n) is 9.66. The van der Waals surface area contributed by atoms with E-state index >= 15 is 0 Å². The Kier molecular flexibility index (Phi) is 6.71. The van der Waals surface area contributed by atoms with Gasteiger partial charge in [-0.05, 0) is 46.5 Å². The summed E-state index contributed by atoms with van der Waals surface area (Å²) in [4.78, 5) is 26.6. The number of carbonyl (C=O) groups excluding carboxylic acids is 2. The molecule has 2 heterocycles. The molecule has 3 rings (SSSR count). The zero-order valence-corrected chi connectivity index (χ0v) is 18.4. The highest BCUT2D eigenvalue weighted by Gasteiger charge is 2.43. The molecular weight excluding hydrogens is 384 g/mol. The molecule has 2 aliphatic heterocycles. The number of terminal acetylenes is 1. The number of nitrogens with zero attached hydrogens (tertiary/aromatic N) is 3. The van der Waals surface area contributed by atoms with Crippen molar-refractivity contribution in [1.82, 2.24) is 10.2 Å². The second-order valence-corrected chi connectivity index (χ2v) is 9.66. The van der Waals surface area contributed by atoms with Crippen LogP contribution in [0.2, 0.25) is 0 Å². The molecule has 8 nitrogen and oxygen atoms in total. The smallest absolute Gasteiger partial charge is 0.410 e. The van der Waals surface area contributed by atoms with Crippen molar-refractivity contribution in [2.24, 2.45) is 10.2 Å². The Bertz CT molecular complexity index is 708. The first-order valence-corrected chi connectivity index (χ1v) is 10.9. The van der Waals surface area contributed by atoms with Crippen LogP contribution in [-0.4, -0.2) is 59.5 Å². The van der Waals surface area contributed by atoms with E-state index < -0.39 is 11.3 Å². The van der Waals surface area contributed by atoms with Crippen LogP contribution in [0.4, 0.5) is 4.79 Å². The highest BCUT2D eigenvalue weighted by molar-refractivity contribution is 5.76. The first-order chi connectivity index (χ1) is 14.1. The molecular formula is C22H34N4O4. The van der Waals surface area contributed by atoms with Crippen molar-refractivity contribution >= 4 is 12.0 Å². The lowest BCUT2D eigenvalue weighted by Gasteiger charge is -2.46. The molecule has 30 heavy (non-hydrogen) atoms. The van der Waals surface area contributed by atoms with Gasteiger partial charge in [0, 0.05) is 38.3 Å². The van der Waals surface area contributed by atoms with Crippen molar-refractivity contribution < 1.29 is 19.1 Å².